The van der Waals surface area contributed by atoms with Gasteiger partial charge in [0.1, 0.15) is 0 Å². The van der Waals surface area contributed by atoms with Gasteiger partial charge >= 0.3 is 0 Å². The number of hydrogen-bond acceptors (Lipinski definition) is 3. The third kappa shape index (κ3) is 5.50. The lowest BCUT2D eigenvalue weighted by Crippen LogP contribution is -2.44. The summed E-state index contributed by atoms with van der Waals surface area (Å²) in [4.78, 5) is 14.0. The lowest BCUT2D eigenvalue weighted by Gasteiger charge is -2.30. The first-order chi connectivity index (χ1) is 8.13. The Bertz CT molecular complexity index is 225. The van der Waals surface area contributed by atoms with Crippen LogP contribution in [0.25, 0.3) is 0 Å². The standard InChI is InChI=1S/C13H27N3O/c1-3-4-12(14)13(17)15-7-10-16-8-5-11(2)6-9-16/h11-12H,3-10,14H2,1-2H3,(H,15,17). The number of likely N-dealkylation sites (tertiary alicyclic amines) is 1. The number of piperidine rings is 1. The fraction of sp³-hybridized carbons (Fsp3) is 0.923. The van der Waals surface area contributed by atoms with E-state index in [9.17, 15) is 4.79 Å². The Labute approximate surface area is 105 Å². The number of hydrogen-bond donors (Lipinski definition) is 2. The Kier molecular flexibility index (Phi) is 6.52. The predicted molar refractivity (Wildman–Crippen MR) is 70.7 cm³/mol. The van der Waals surface area contributed by atoms with E-state index >= 15 is 0 Å². The molecule has 0 aromatic heterocycles. The molecule has 1 fully saturated rings. The van der Waals surface area contributed by atoms with E-state index in [0.29, 0.717) is 0 Å². The van der Waals surface area contributed by atoms with Gasteiger partial charge in [-0.05, 0) is 38.3 Å². The zero-order valence-corrected chi connectivity index (χ0v) is 11.2. The summed E-state index contributed by atoms with van der Waals surface area (Å²) < 4.78 is 0. The van der Waals surface area contributed by atoms with Gasteiger partial charge in [0, 0.05) is 13.1 Å². The maximum atomic E-state index is 11.6. The normalized spacial score (nSPS) is 20.2. The minimum atomic E-state index is -0.332. The quantitative estimate of drug-likeness (QED) is 0.728. The summed E-state index contributed by atoms with van der Waals surface area (Å²) in [6.45, 7) is 8.36. The van der Waals surface area contributed by atoms with Crippen LogP contribution in [0.2, 0.25) is 0 Å². The second kappa shape index (κ2) is 7.67. The SMILES string of the molecule is CCCC(N)C(=O)NCCN1CCC(C)CC1. The first-order valence-electron chi connectivity index (χ1n) is 6.89. The molecule has 0 aromatic carbocycles. The summed E-state index contributed by atoms with van der Waals surface area (Å²) in [7, 11) is 0. The van der Waals surface area contributed by atoms with Crippen LogP contribution < -0.4 is 11.1 Å². The Morgan fingerprint density at radius 3 is 2.71 bits per heavy atom. The van der Waals surface area contributed by atoms with Crippen molar-refractivity contribution in [2.24, 2.45) is 11.7 Å². The number of nitrogens with two attached hydrogens (primary N) is 1. The number of carbonyl (C=O) groups is 1. The summed E-state index contributed by atoms with van der Waals surface area (Å²) in [5.41, 5.74) is 5.74. The second-order valence-electron chi connectivity index (χ2n) is 5.21. The zero-order valence-electron chi connectivity index (χ0n) is 11.2. The number of nitrogens with one attached hydrogen (secondary N) is 1. The Hall–Kier alpha value is -0.610. The number of carbonyl (C=O) groups excluding carboxylic acids is 1. The molecule has 17 heavy (non-hydrogen) atoms. The lowest BCUT2D eigenvalue weighted by atomic mass is 9.99. The van der Waals surface area contributed by atoms with E-state index < -0.39 is 0 Å². The van der Waals surface area contributed by atoms with E-state index in [1.165, 1.54) is 12.8 Å². The highest BCUT2D eigenvalue weighted by atomic mass is 16.2. The summed E-state index contributed by atoms with van der Waals surface area (Å²) in [6, 6.07) is -0.332. The number of rotatable bonds is 6. The molecule has 0 aliphatic carbocycles. The van der Waals surface area contributed by atoms with Gasteiger partial charge in [-0.2, -0.15) is 0 Å². The average molecular weight is 241 g/mol. The predicted octanol–water partition coefficient (Wildman–Crippen LogP) is 0.962. The van der Waals surface area contributed by atoms with Gasteiger partial charge in [0.05, 0.1) is 6.04 Å². The van der Waals surface area contributed by atoms with Crippen molar-refractivity contribution in [1.82, 2.24) is 10.2 Å². The van der Waals surface area contributed by atoms with Gasteiger partial charge in [0.2, 0.25) is 5.91 Å². The van der Waals surface area contributed by atoms with Crippen LogP contribution >= 0.6 is 0 Å². The molecule has 0 spiro atoms. The molecular weight excluding hydrogens is 214 g/mol. The molecule has 4 nitrogen and oxygen atoms in total. The van der Waals surface area contributed by atoms with Crippen molar-refractivity contribution in [2.45, 2.75) is 45.6 Å². The van der Waals surface area contributed by atoms with Gasteiger partial charge in [-0.25, -0.2) is 0 Å². The third-order valence-electron chi connectivity index (χ3n) is 3.54. The molecule has 1 amide bonds. The maximum Gasteiger partial charge on any atom is 0.236 e. The largest absolute Gasteiger partial charge is 0.353 e. The first kappa shape index (κ1) is 14.5. The van der Waals surface area contributed by atoms with Gasteiger partial charge in [-0.15, -0.1) is 0 Å². The van der Waals surface area contributed by atoms with Gasteiger partial charge < -0.3 is 16.0 Å². The highest BCUT2D eigenvalue weighted by Gasteiger charge is 2.16. The zero-order chi connectivity index (χ0) is 12.7. The molecule has 1 rings (SSSR count). The van der Waals surface area contributed by atoms with Crippen LogP contribution in [-0.4, -0.2) is 43.0 Å². The molecule has 100 valence electrons. The minimum Gasteiger partial charge on any atom is -0.353 e. The van der Waals surface area contributed by atoms with Gasteiger partial charge in [0.15, 0.2) is 0 Å². The maximum absolute atomic E-state index is 11.6. The molecule has 1 unspecified atom stereocenters. The molecular formula is C13H27N3O. The van der Waals surface area contributed by atoms with Crippen molar-refractivity contribution in [3.05, 3.63) is 0 Å². The van der Waals surface area contributed by atoms with Crippen LogP contribution in [0.1, 0.15) is 39.5 Å². The smallest absolute Gasteiger partial charge is 0.236 e. The summed E-state index contributed by atoms with van der Waals surface area (Å²) in [5.74, 6) is 0.857. The first-order valence-corrected chi connectivity index (χ1v) is 6.89. The van der Waals surface area contributed by atoms with Crippen molar-refractivity contribution in [1.29, 1.82) is 0 Å². The second-order valence-corrected chi connectivity index (χ2v) is 5.21. The van der Waals surface area contributed by atoms with Crippen molar-refractivity contribution in [2.75, 3.05) is 26.2 Å². The summed E-state index contributed by atoms with van der Waals surface area (Å²) in [5, 5.41) is 2.92. The van der Waals surface area contributed by atoms with Crippen molar-refractivity contribution in [3.63, 3.8) is 0 Å². The molecule has 3 N–H and O–H groups in total. The van der Waals surface area contributed by atoms with Crippen LogP contribution in [0.5, 0.6) is 0 Å². The number of nitrogens with zero attached hydrogens (tertiary/aromatic N) is 1. The highest BCUT2D eigenvalue weighted by molar-refractivity contribution is 5.81. The highest BCUT2D eigenvalue weighted by Crippen LogP contribution is 2.14. The summed E-state index contributed by atoms with van der Waals surface area (Å²) in [6.07, 6.45) is 4.29. The van der Waals surface area contributed by atoms with Gasteiger partial charge in [-0.1, -0.05) is 20.3 Å². The Morgan fingerprint density at radius 1 is 1.47 bits per heavy atom. The van der Waals surface area contributed by atoms with E-state index in [0.717, 1.165) is 44.9 Å². The Morgan fingerprint density at radius 2 is 2.12 bits per heavy atom. The lowest BCUT2D eigenvalue weighted by molar-refractivity contribution is -0.122. The van der Waals surface area contributed by atoms with Crippen molar-refractivity contribution >= 4 is 5.91 Å². The molecule has 1 aliphatic rings. The molecule has 0 bridgehead atoms. The van der Waals surface area contributed by atoms with Crippen molar-refractivity contribution in [3.8, 4) is 0 Å². The average Bonchev–Trinajstić information content (AvgIpc) is 2.32. The number of amides is 1. The fourth-order valence-electron chi connectivity index (χ4n) is 2.20. The van der Waals surface area contributed by atoms with E-state index in [-0.39, 0.29) is 11.9 Å². The van der Waals surface area contributed by atoms with Crippen LogP contribution in [0, 0.1) is 5.92 Å². The molecule has 1 heterocycles. The molecule has 1 saturated heterocycles. The topological polar surface area (TPSA) is 58.4 Å². The van der Waals surface area contributed by atoms with Crippen LogP contribution in [0.3, 0.4) is 0 Å². The van der Waals surface area contributed by atoms with Crippen LogP contribution in [0.4, 0.5) is 0 Å². The molecule has 0 radical (unpaired) electrons. The van der Waals surface area contributed by atoms with Crippen molar-refractivity contribution < 1.29 is 4.79 Å². The minimum absolute atomic E-state index is 0.00257. The van der Waals surface area contributed by atoms with Crippen LogP contribution in [-0.2, 0) is 4.79 Å². The molecule has 4 heteroatoms. The van der Waals surface area contributed by atoms with Crippen LogP contribution in [0.15, 0.2) is 0 Å². The van der Waals surface area contributed by atoms with E-state index in [1.807, 2.05) is 6.92 Å². The molecule has 0 aromatic rings. The molecule has 0 saturated carbocycles. The van der Waals surface area contributed by atoms with E-state index in [2.05, 4.69) is 17.1 Å². The fourth-order valence-corrected chi connectivity index (χ4v) is 2.20. The molecule has 1 aliphatic heterocycles. The van der Waals surface area contributed by atoms with E-state index in [1.54, 1.807) is 0 Å². The third-order valence-corrected chi connectivity index (χ3v) is 3.54. The Balaban J connectivity index is 2.09. The van der Waals surface area contributed by atoms with Gasteiger partial charge in [0.25, 0.3) is 0 Å². The molecule has 1 atom stereocenters. The monoisotopic (exact) mass is 241 g/mol. The summed E-state index contributed by atoms with van der Waals surface area (Å²) >= 11 is 0. The van der Waals surface area contributed by atoms with Gasteiger partial charge in [-0.3, -0.25) is 4.79 Å². The van der Waals surface area contributed by atoms with E-state index in [4.69, 9.17) is 5.73 Å².